The van der Waals surface area contributed by atoms with Crippen LogP contribution in [0.5, 0.6) is 5.75 Å². The van der Waals surface area contributed by atoms with Crippen molar-refractivity contribution in [2.24, 2.45) is 4.99 Å². The summed E-state index contributed by atoms with van der Waals surface area (Å²) in [5.74, 6) is 1.78. The number of ether oxygens (including phenoxy) is 1. The molecule has 0 radical (unpaired) electrons. The first-order valence-corrected chi connectivity index (χ1v) is 9.18. The minimum absolute atomic E-state index is 0. The number of rotatable bonds is 5. The first kappa shape index (κ1) is 22.1. The average molecular weight is 421 g/mol. The Hall–Kier alpha value is -2.21. The zero-order valence-electron chi connectivity index (χ0n) is 15.8. The number of aromatic nitrogens is 1. The van der Waals surface area contributed by atoms with Crippen molar-refractivity contribution in [1.29, 1.82) is 0 Å². The van der Waals surface area contributed by atoms with Gasteiger partial charge in [0, 0.05) is 36.1 Å². The summed E-state index contributed by atoms with van der Waals surface area (Å²) >= 11 is 0. The van der Waals surface area contributed by atoms with Crippen LogP contribution < -0.4 is 15.4 Å². The monoisotopic (exact) mass is 420 g/mol. The number of aromatic amines is 1. The standard InChI is InChI=1S/C21H24N4O.2ClH/c1-2-23-21(16-4-3-15-9-12-24-20(15)13-16)25-17-5-7-18(8-6-17)26-19-10-11-22-14-19;;/h3-9,12-13,19,22,24H,2,10-11,14H2,1H3,(H,23,25);2*1H/t19-;;/m0../s1. The van der Waals surface area contributed by atoms with Crippen molar-refractivity contribution in [3.05, 3.63) is 60.3 Å². The highest BCUT2D eigenvalue weighted by Crippen LogP contribution is 2.20. The van der Waals surface area contributed by atoms with Crippen molar-refractivity contribution in [1.82, 2.24) is 10.3 Å². The number of hydrogen-bond donors (Lipinski definition) is 3. The molecule has 4 rings (SSSR count). The molecule has 150 valence electrons. The summed E-state index contributed by atoms with van der Waals surface area (Å²) < 4.78 is 5.98. The number of nitrogens with zero attached hydrogens (tertiary/aromatic N) is 1. The summed E-state index contributed by atoms with van der Waals surface area (Å²) in [6.07, 6.45) is 3.30. The molecule has 1 fully saturated rings. The third-order valence-corrected chi connectivity index (χ3v) is 4.58. The van der Waals surface area contributed by atoms with E-state index in [0.717, 1.165) is 54.4 Å². The molecule has 1 aliphatic heterocycles. The van der Waals surface area contributed by atoms with E-state index >= 15 is 0 Å². The van der Waals surface area contributed by atoms with E-state index in [2.05, 4.69) is 44.9 Å². The van der Waals surface area contributed by atoms with E-state index < -0.39 is 0 Å². The van der Waals surface area contributed by atoms with Crippen molar-refractivity contribution >= 4 is 47.2 Å². The van der Waals surface area contributed by atoms with E-state index in [1.54, 1.807) is 0 Å². The highest BCUT2D eigenvalue weighted by Gasteiger charge is 2.15. The van der Waals surface area contributed by atoms with E-state index in [1.165, 1.54) is 5.39 Å². The largest absolute Gasteiger partial charge is 0.489 e. The second-order valence-electron chi connectivity index (χ2n) is 6.48. The van der Waals surface area contributed by atoms with Crippen molar-refractivity contribution in [3.63, 3.8) is 0 Å². The van der Waals surface area contributed by atoms with Crippen LogP contribution in [0.2, 0.25) is 0 Å². The fourth-order valence-electron chi connectivity index (χ4n) is 3.23. The Bertz CT molecular complexity index is 902. The summed E-state index contributed by atoms with van der Waals surface area (Å²) in [6.45, 7) is 4.73. The lowest BCUT2D eigenvalue weighted by molar-refractivity contribution is 0.223. The van der Waals surface area contributed by atoms with Gasteiger partial charge in [-0.1, -0.05) is 12.1 Å². The first-order valence-electron chi connectivity index (χ1n) is 9.18. The van der Waals surface area contributed by atoms with Crippen LogP contribution >= 0.6 is 24.8 Å². The molecular formula is C21H26Cl2N4O. The van der Waals surface area contributed by atoms with Crippen LogP contribution in [0.1, 0.15) is 18.9 Å². The summed E-state index contributed by atoms with van der Waals surface area (Å²) in [5.41, 5.74) is 3.18. The smallest absolute Gasteiger partial charge is 0.132 e. The number of fused-ring (bicyclic) bond motifs is 1. The molecule has 3 aromatic rings. The molecule has 1 aromatic heterocycles. The van der Waals surface area contributed by atoms with Gasteiger partial charge in [-0.15, -0.1) is 24.8 Å². The molecule has 2 aromatic carbocycles. The highest BCUT2D eigenvalue weighted by atomic mass is 35.5. The predicted molar refractivity (Wildman–Crippen MR) is 122 cm³/mol. The molecule has 0 aliphatic carbocycles. The second-order valence-corrected chi connectivity index (χ2v) is 6.48. The van der Waals surface area contributed by atoms with Gasteiger partial charge in [0.2, 0.25) is 0 Å². The number of halogens is 2. The third-order valence-electron chi connectivity index (χ3n) is 4.58. The van der Waals surface area contributed by atoms with E-state index in [1.807, 2.05) is 37.4 Å². The van der Waals surface area contributed by atoms with Crippen LogP contribution in [-0.4, -0.2) is 36.6 Å². The molecule has 0 unspecified atom stereocenters. The van der Waals surface area contributed by atoms with E-state index in [4.69, 9.17) is 4.74 Å². The molecule has 3 N–H and O–H groups in total. The molecule has 28 heavy (non-hydrogen) atoms. The number of H-pyrrole nitrogens is 1. The van der Waals surface area contributed by atoms with Crippen molar-refractivity contribution in [2.45, 2.75) is 19.4 Å². The number of anilines is 1. The zero-order chi connectivity index (χ0) is 17.8. The Morgan fingerprint density at radius 2 is 1.96 bits per heavy atom. The molecule has 5 nitrogen and oxygen atoms in total. The molecule has 0 saturated carbocycles. The van der Waals surface area contributed by atoms with Gasteiger partial charge in [0.1, 0.15) is 17.7 Å². The fourth-order valence-corrected chi connectivity index (χ4v) is 3.23. The maximum atomic E-state index is 5.98. The summed E-state index contributed by atoms with van der Waals surface area (Å²) in [5, 5.41) is 7.96. The maximum Gasteiger partial charge on any atom is 0.132 e. The Kier molecular flexibility index (Phi) is 8.18. The molecule has 1 atom stereocenters. The third kappa shape index (κ3) is 5.19. The lowest BCUT2D eigenvalue weighted by Gasteiger charge is -2.14. The number of amidine groups is 1. The molecule has 0 bridgehead atoms. The van der Waals surface area contributed by atoms with Gasteiger partial charge in [-0.2, -0.15) is 0 Å². The molecule has 0 amide bonds. The Labute approximate surface area is 177 Å². The quantitative estimate of drug-likeness (QED) is 0.416. The van der Waals surface area contributed by atoms with Gasteiger partial charge in [-0.25, -0.2) is 0 Å². The molecule has 7 heteroatoms. The Morgan fingerprint density at radius 3 is 2.68 bits per heavy atom. The zero-order valence-corrected chi connectivity index (χ0v) is 17.4. The topological polar surface area (TPSA) is 61.4 Å². The number of aliphatic imine (C=N–C) groups is 1. The number of benzene rings is 2. The van der Waals surface area contributed by atoms with Crippen LogP contribution in [0.15, 0.2) is 59.7 Å². The van der Waals surface area contributed by atoms with Gasteiger partial charge in [-0.05, 0) is 61.7 Å². The van der Waals surface area contributed by atoms with Crippen LogP contribution in [0, 0.1) is 0 Å². The van der Waals surface area contributed by atoms with Crippen LogP contribution in [-0.2, 0) is 0 Å². The predicted octanol–water partition coefficient (Wildman–Crippen LogP) is 4.63. The van der Waals surface area contributed by atoms with Crippen molar-refractivity contribution in [2.75, 3.05) is 25.0 Å². The summed E-state index contributed by atoms with van der Waals surface area (Å²) in [4.78, 5) is 7.90. The van der Waals surface area contributed by atoms with Crippen molar-refractivity contribution < 1.29 is 4.74 Å². The molecular weight excluding hydrogens is 395 g/mol. The summed E-state index contributed by atoms with van der Waals surface area (Å²) in [6, 6.07) is 16.5. The van der Waals surface area contributed by atoms with Gasteiger partial charge < -0.3 is 20.4 Å². The highest BCUT2D eigenvalue weighted by molar-refractivity contribution is 6.09. The fraction of sp³-hybridized carbons (Fsp3) is 0.286. The van der Waals surface area contributed by atoms with Crippen LogP contribution in [0.25, 0.3) is 10.9 Å². The van der Waals surface area contributed by atoms with Crippen molar-refractivity contribution in [3.8, 4) is 5.75 Å². The van der Waals surface area contributed by atoms with E-state index in [9.17, 15) is 0 Å². The van der Waals surface area contributed by atoms with E-state index in [-0.39, 0.29) is 30.9 Å². The normalized spacial score (nSPS) is 16.3. The van der Waals surface area contributed by atoms with Gasteiger partial charge in [0.15, 0.2) is 0 Å². The lowest BCUT2D eigenvalue weighted by atomic mass is 10.1. The Morgan fingerprint density at radius 1 is 1.14 bits per heavy atom. The van der Waals surface area contributed by atoms with Gasteiger partial charge >= 0.3 is 0 Å². The molecule has 1 saturated heterocycles. The minimum atomic E-state index is 0. The lowest BCUT2D eigenvalue weighted by Crippen LogP contribution is -2.19. The average Bonchev–Trinajstić information content (AvgIpc) is 3.34. The SMILES string of the molecule is CCN=C(Nc1ccc(O[C@H]2CCNC2)cc1)c1ccc2cc[nH]c2c1.Cl.Cl. The Balaban J connectivity index is 0.00000140. The molecule has 1 aliphatic rings. The number of nitrogens with one attached hydrogen (secondary N) is 3. The van der Waals surface area contributed by atoms with Crippen LogP contribution in [0.3, 0.4) is 0 Å². The first-order chi connectivity index (χ1) is 12.8. The van der Waals surface area contributed by atoms with Gasteiger partial charge in [-0.3, -0.25) is 4.99 Å². The van der Waals surface area contributed by atoms with Crippen LogP contribution in [0.4, 0.5) is 5.69 Å². The summed E-state index contributed by atoms with van der Waals surface area (Å²) in [7, 11) is 0. The second kappa shape index (κ2) is 10.4. The molecule has 2 heterocycles. The minimum Gasteiger partial charge on any atom is -0.489 e. The maximum absolute atomic E-state index is 5.98. The van der Waals surface area contributed by atoms with Gasteiger partial charge in [0.05, 0.1) is 0 Å². The number of hydrogen-bond acceptors (Lipinski definition) is 3. The van der Waals surface area contributed by atoms with E-state index in [0.29, 0.717) is 0 Å². The van der Waals surface area contributed by atoms with Gasteiger partial charge in [0.25, 0.3) is 0 Å². The molecule has 0 spiro atoms.